The number of benzene rings is 3. The standard InChI is InChI=1S/C55H70IN9O4/c1-33(2)50(60-54(68)69-9)35(5)63-28-11-13-48(63)52-57-32-44(58-52)37-16-20-39(21-17-37)46-27-26-45(65(46)41-24-22-40(23-25-41)55(6,7)8)38-18-14-36(15-19-38)42-30-43(62-61-42)47-12-10-29-64(47)53(67)51(34(3)4)59-49(66)31-56/h14-25,30,32-34,45-48,50-51H,5,10-13,26-29,31H2,1-4,6-9H3,(H,57,58)(H,59,66)(H,60,68)(H,61,62)/t45-,46-,47-,48-,50-,51-/m0/s1. The Bertz CT molecular complexity index is 2430. The fourth-order valence-electron chi connectivity index (χ4n) is 10.7. The lowest BCUT2D eigenvalue weighted by atomic mass is 9.87. The van der Waals surface area contributed by atoms with Crippen molar-refractivity contribution in [3.63, 3.8) is 0 Å². The Morgan fingerprint density at radius 1 is 0.768 bits per heavy atom. The highest BCUT2D eigenvalue weighted by Crippen LogP contribution is 2.48. The van der Waals surface area contributed by atoms with Crippen LogP contribution in [0.25, 0.3) is 22.5 Å². The second-order valence-electron chi connectivity index (χ2n) is 20.7. The molecule has 0 spiro atoms. The van der Waals surface area contributed by atoms with Gasteiger partial charge in [0.2, 0.25) is 11.8 Å². The van der Waals surface area contributed by atoms with Gasteiger partial charge in [-0.05, 0) is 90.7 Å². The zero-order valence-electron chi connectivity index (χ0n) is 41.5. The molecule has 0 unspecified atom stereocenters. The van der Waals surface area contributed by atoms with E-state index in [-0.39, 0.29) is 59.3 Å². The van der Waals surface area contributed by atoms with Gasteiger partial charge in [0.1, 0.15) is 11.9 Å². The van der Waals surface area contributed by atoms with E-state index in [0.29, 0.717) is 11.0 Å². The number of alkyl carbamates (subject to hydrolysis) is 1. The summed E-state index contributed by atoms with van der Waals surface area (Å²) in [4.78, 5) is 53.8. The third-order valence-electron chi connectivity index (χ3n) is 14.5. The zero-order chi connectivity index (χ0) is 49.1. The number of anilines is 1. The highest BCUT2D eigenvalue weighted by molar-refractivity contribution is 14.1. The summed E-state index contributed by atoms with van der Waals surface area (Å²) in [6.07, 6.45) is 7.24. The summed E-state index contributed by atoms with van der Waals surface area (Å²) < 4.78 is 5.24. The van der Waals surface area contributed by atoms with Crippen molar-refractivity contribution in [2.24, 2.45) is 11.8 Å². The van der Waals surface area contributed by atoms with E-state index < -0.39 is 12.1 Å². The Morgan fingerprint density at radius 3 is 1.91 bits per heavy atom. The van der Waals surface area contributed by atoms with Crippen LogP contribution in [0.3, 0.4) is 0 Å². The van der Waals surface area contributed by atoms with E-state index in [2.05, 4.69) is 151 Å². The first-order valence-corrected chi connectivity index (χ1v) is 26.2. The predicted molar refractivity (Wildman–Crippen MR) is 282 cm³/mol. The van der Waals surface area contributed by atoms with E-state index in [9.17, 15) is 14.4 Å². The molecule has 5 heterocycles. The van der Waals surface area contributed by atoms with Gasteiger partial charge in [-0.3, -0.25) is 14.7 Å². The molecule has 13 nitrogen and oxygen atoms in total. The smallest absolute Gasteiger partial charge is 0.407 e. The maximum atomic E-state index is 13.8. The van der Waals surface area contributed by atoms with E-state index in [4.69, 9.17) is 14.8 Å². The maximum absolute atomic E-state index is 13.8. The van der Waals surface area contributed by atoms with Crippen LogP contribution >= 0.6 is 22.6 Å². The van der Waals surface area contributed by atoms with Crippen molar-refractivity contribution in [2.75, 3.05) is 29.5 Å². The molecule has 69 heavy (non-hydrogen) atoms. The number of halogens is 1. The van der Waals surface area contributed by atoms with Crippen molar-refractivity contribution in [3.8, 4) is 22.5 Å². The number of aromatic amines is 2. The highest BCUT2D eigenvalue weighted by Gasteiger charge is 2.39. The second kappa shape index (κ2) is 21.2. The van der Waals surface area contributed by atoms with Crippen LogP contribution in [0.1, 0.15) is 139 Å². The molecule has 4 N–H and O–H groups in total. The van der Waals surface area contributed by atoms with Gasteiger partial charge >= 0.3 is 6.09 Å². The van der Waals surface area contributed by atoms with Gasteiger partial charge < -0.3 is 35.1 Å². The summed E-state index contributed by atoms with van der Waals surface area (Å²) in [5.74, 6) is 0.854. The molecule has 0 aliphatic carbocycles. The van der Waals surface area contributed by atoms with Gasteiger partial charge in [-0.2, -0.15) is 5.10 Å². The third-order valence-corrected chi connectivity index (χ3v) is 15.2. The van der Waals surface area contributed by atoms with E-state index in [1.54, 1.807) is 0 Å². The minimum absolute atomic E-state index is 0.0242. The molecule has 0 saturated carbocycles. The molecule has 3 aliphatic rings. The number of aromatic nitrogens is 4. The molecule has 0 radical (unpaired) electrons. The van der Waals surface area contributed by atoms with Gasteiger partial charge in [0, 0.05) is 41.8 Å². The third kappa shape index (κ3) is 10.8. The van der Waals surface area contributed by atoms with Crippen molar-refractivity contribution in [1.29, 1.82) is 0 Å². The number of rotatable bonds is 15. The molecule has 14 heteroatoms. The number of ether oxygens (including phenoxy) is 1. The number of nitrogens with one attached hydrogen (secondary N) is 4. The Balaban J connectivity index is 1.00. The number of carbonyl (C=O) groups excluding carboxylic acids is 3. The number of alkyl halides is 1. The Morgan fingerprint density at radius 2 is 1.35 bits per heavy atom. The predicted octanol–water partition coefficient (Wildman–Crippen LogP) is 11.1. The molecular formula is C55H70IN9O4. The lowest BCUT2D eigenvalue weighted by Crippen LogP contribution is -2.51. The Hall–Kier alpha value is -5.64. The Labute approximate surface area is 421 Å². The van der Waals surface area contributed by atoms with Crippen LogP contribution in [0.4, 0.5) is 10.5 Å². The lowest BCUT2D eigenvalue weighted by Gasteiger charge is -2.34. The summed E-state index contributed by atoms with van der Waals surface area (Å²) in [7, 11) is 1.38. The van der Waals surface area contributed by atoms with Crippen molar-refractivity contribution < 1.29 is 19.1 Å². The minimum atomic E-state index is -0.561. The minimum Gasteiger partial charge on any atom is -0.453 e. The van der Waals surface area contributed by atoms with E-state index in [1.807, 2.05) is 47.5 Å². The number of hydrogen-bond donors (Lipinski definition) is 4. The van der Waals surface area contributed by atoms with Crippen LogP contribution < -0.4 is 15.5 Å². The zero-order valence-corrected chi connectivity index (χ0v) is 43.7. The van der Waals surface area contributed by atoms with Crippen molar-refractivity contribution in [3.05, 3.63) is 126 Å². The van der Waals surface area contributed by atoms with E-state index >= 15 is 0 Å². The van der Waals surface area contributed by atoms with Gasteiger partial charge in [0.15, 0.2) is 0 Å². The fourth-order valence-corrected chi connectivity index (χ4v) is 10.9. The van der Waals surface area contributed by atoms with Gasteiger partial charge in [-0.15, -0.1) is 0 Å². The van der Waals surface area contributed by atoms with Crippen LogP contribution in [0.2, 0.25) is 0 Å². The number of methoxy groups -OCH3 is 1. The molecule has 2 aromatic heterocycles. The summed E-state index contributed by atoms with van der Waals surface area (Å²) in [5, 5.41) is 14.0. The van der Waals surface area contributed by atoms with Gasteiger partial charge in [-0.1, -0.05) is 138 Å². The molecule has 3 aliphatic heterocycles. The average molecular weight is 1050 g/mol. The summed E-state index contributed by atoms with van der Waals surface area (Å²) in [6.45, 7) is 20.8. The van der Waals surface area contributed by atoms with Crippen LogP contribution in [0, 0.1) is 11.8 Å². The first-order chi connectivity index (χ1) is 33.1. The van der Waals surface area contributed by atoms with Crippen molar-refractivity contribution in [2.45, 2.75) is 129 Å². The first kappa shape index (κ1) is 49.8. The van der Waals surface area contributed by atoms with Gasteiger partial charge in [0.05, 0.1) is 58.8 Å². The SMILES string of the molecule is C=C([C@@H](NC(=O)OC)C(C)C)N1CCC[C@H]1c1nc(-c2ccc([C@@H]3CC[C@@H](c4ccc(-c5cc([C@@H]6CCCN6C(=O)[C@@H](NC(=O)CI)C(C)C)[nH]n5)cc4)N3c3ccc(C(C)(C)C)cc3)cc2)c[nH]1. The molecule has 6 atom stereocenters. The maximum Gasteiger partial charge on any atom is 0.407 e. The topological polar surface area (TPSA) is 152 Å². The second-order valence-corrected chi connectivity index (χ2v) is 21.5. The van der Waals surface area contributed by atoms with Crippen LogP contribution in [-0.4, -0.2) is 84.6 Å². The van der Waals surface area contributed by atoms with Crippen LogP contribution in [0.5, 0.6) is 0 Å². The van der Waals surface area contributed by atoms with Gasteiger partial charge in [0.25, 0.3) is 0 Å². The van der Waals surface area contributed by atoms with Crippen molar-refractivity contribution in [1.82, 2.24) is 40.6 Å². The first-order valence-electron chi connectivity index (χ1n) is 24.7. The number of imidazole rings is 1. The molecule has 3 fully saturated rings. The fraction of sp³-hybridized carbons (Fsp3) is 0.473. The van der Waals surface area contributed by atoms with Crippen molar-refractivity contribution >= 4 is 46.2 Å². The van der Waals surface area contributed by atoms with E-state index in [0.717, 1.165) is 84.8 Å². The molecule has 5 aromatic rings. The molecular weight excluding hydrogens is 978 g/mol. The molecule has 366 valence electrons. The van der Waals surface area contributed by atoms with E-state index in [1.165, 1.54) is 29.5 Å². The molecule has 0 bridgehead atoms. The number of hydrogen-bond acceptors (Lipinski definition) is 8. The Kier molecular flexibility index (Phi) is 15.3. The monoisotopic (exact) mass is 1050 g/mol. The molecule has 8 rings (SSSR count). The molecule has 3 aromatic carbocycles. The normalized spacial score (nSPS) is 20.4. The quantitative estimate of drug-likeness (QED) is 0.0598. The summed E-state index contributed by atoms with van der Waals surface area (Å²) in [6, 6.07) is 28.4. The average Bonchev–Trinajstić information content (AvgIpc) is 4.21. The van der Waals surface area contributed by atoms with Crippen LogP contribution in [-0.2, 0) is 19.7 Å². The number of carbonyl (C=O) groups is 3. The number of H-pyrrole nitrogens is 2. The molecule has 3 amide bonds. The molecule has 3 saturated heterocycles. The number of likely N-dealkylation sites (tertiary alicyclic amines) is 2. The van der Waals surface area contributed by atoms with Gasteiger partial charge in [-0.25, -0.2) is 9.78 Å². The number of nitrogens with zero attached hydrogens (tertiary/aromatic N) is 5. The largest absolute Gasteiger partial charge is 0.453 e. The lowest BCUT2D eigenvalue weighted by molar-refractivity contribution is -0.138. The summed E-state index contributed by atoms with van der Waals surface area (Å²) >= 11 is 2.03. The highest BCUT2D eigenvalue weighted by atomic mass is 127. The number of amides is 3. The summed E-state index contributed by atoms with van der Waals surface area (Å²) in [5.41, 5.74) is 10.7. The van der Waals surface area contributed by atoms with Crippen LogP contribution in [0.15, 0.2) is 97.3 Å².